The van der Waals surface area contributed by atoms with E-state index in [1.54, 1.807) is 12.4 Å². The van der Waals surface area contributed by atoms with Gasteiger partial charge in [0.2, 0.25) is 0 Å². The lowest BCUT2D eigenvalue weighted by Crippen LogP contribution is -2.11. The third-order valence-corrected chi connectivity index (χ3v) is 5.35. The highest BCUT2D eigenvalue weighted by Gasteiger charge is 2.20. The fourth-order valence-electron chi connectivity index (χ4n) is 3.49. The molecule has 4 rings (SSSR count). The van der Waals surface area contributed by atoms with Gasteiger partial charge in [0.25, 0.3) is 0 Å². The molecule has 0 amide bonds. The van der Waals surface area contributed by atoms with Crippen molar-refractivity contribution < 1.29 is 0 Å². The Morgan fingerprint density at radius 3 is 2.88 bits per heavy atom. The summed E-state index contributed by atoms with van der Waals surface area (Å²) < 4.78 is 2.77. The number of aromatic nitrogens is 4. The number of pyridine rings is 1. The van der Waals surface area contributed by atoms with E-state index in [0.717, 1.165) is 27.2 Å². The van der Waals surface area contributed by atoms with Gasteiger partial charge in [0.15, 0.2) is 5.65 Å². The Labute approximate surface area is 155 Å². The fourth-order valence-corrected chi connectivity index (χ4v) is 3.83. The quantitative estimate of drug-likeness (QED) is 0.687. The van der Waals surface area contributed by atoms with Crippen LogP contribution in [0.4, 0.5) is 11.6 Å². The molecule has 1 aliphatic rings. The molecule has 0 spiro atoms. The Bertz CT molecular complexity index is 884. The molecule has 0 atom stereocenters. The first kappa shape index (κ1) is 16.3. The molecular formula is C18H21BrN6. The molecule has 0 bridgehead atoms. The Balaban J connectivity index is 1.66. The summed E-state index contributed by atoms with van der Waals surface area (Å²) >= 11 is 3.57. The number of fused-ring (bicyclic) bond motifs is 1. The highest BCUT2D eigenvalue weighted by atomic mass is 79.9. The highest BCUT2D eigenvalue weighted by Crippen LogP contribution is 2.33. The van der Waals surface area contributed by atoms with Gasteiger partial charge in [0, 0.05) is 30.4 Å². The Kier molecular flexibility index (Phi) is 4.57. The molecule has 3 N–H and O–H groups in total. The van der Waals surface area contributed by atoms with Crippen molar-refractivity contribution >= 4 is 33.2 Å². The van der Waals surface area contributed by atoms with Crippen LogP contribution in [-0.2, 0) is 6.54 Å². The molecule has 0 aliphatic heterocycles. The highest BCUT2D eigenvalue weighted by molar-refractivity contribution is 9.10. The molecule has 130 valence electrons. The number of hydrogen-bond donors (Lipinski definition) is 2. The lowest BCUT2D eigenvalue weighted by atomic mass is 9.87. The number of halogens is 1. The van der Waals surface area contributed by atoms with Gasteiger partial charge in [-0.1, -0.05) is 19.3 Å². The van der Waals surface area contributed by atoms with Gasteiger partial charge < -0.3 is 11.1 Å². The van der Waals surface area contributed by atoms with E-state index >= 15 is 0 Å². The van der Waals surface area contributed by atoms with Crippen molar-refractivity contribution in [3.05, 3.63) is 46.3 Å². The van der Waals surface area contributed by atoms with Crippen molar-refractivity contribution in [2.24, 2.45) is 0 Å². The summed E-state index contributed by atoms with van der Waals surface area (Å²) in [6.45, 7) is 0.660. The summed E-state index contributed by atoms with van der Waals surface area (Å²) in [5.41, 5.74) is 8.87. The molecule has 1 fully saturated rings. The molecule has 0 saturated heterocycles. The van der Waals surface area contributed by atoms with Gasteiger partial charge in [0.05, 0.1) is 10.7 Å². The van der Waals surface area contributed by atoms with Crippen LogP contribution in [-0.4, -0.2) is 19.6 Å². The van der Waals surface area contributed by atoms with Crippen LogP contribution < -0.4 is 11.1 Å². The number of rotatable bonds is 4. The van der Waals surface area contributed by atoms with E-state index in [1.165, 1.54) is 32.1 Å². The van der Waals surface area contributed by atoms with E-state index in [2.05, 4.69) is 37.4 Å². The van der Waals surface area contributed by atoms with Gasteiger partial charge in [-0.15, -0.1) is 0 Å². The Hall–Kier alpha value is -2.15. The lowest BCUT2D eigenvalue weighted by molar-refractivity contribution is 0.437. The fraction of sp³-hybridized carbons (Fsp3) is 0.389. The predicted octanol–water partition coefficient (Wildman–Crippen LogP) is 4.13. The van der Waals surface area contributed by atoms with Crippen LogP contribution >= 0.6 is 15.9 Å². The van der Waals surface area contributed by atoms with E-state index in [9.17, 15) is 0 Å². The largest absolute Gasteiger partial charge is 0.384 e. The van der Waals surface area contributed by atoms with Crippen molar-refractivity contribution in [1.29, 1.82) is 0 Å². The number of nitrogen functional groups attached to an aromatic ring is 1. The summed E-state index contributed by atoms with van der Waals surface area (Å²) in [4.78, 5) is 8.91. The SMILES string of the molecule is Nc1cc(CNc2cc(C3CCCCC3)nc3c(Br)cnn23)ccn1. The molecule has 0 aromatic carbocycles. The van der Waals surface area contributed by atoms with Crippen LogP contribution in [0, 0.1) is 0 Å². The van der Waals surface area contributed by atoms with Gasteiger partial charge >= 0.3 is 0 Å². The maximum atomic E-state index is 5.77. The van der Waals surface area contributed by atoms with Crippen LogP contribution in [0.3, 0.4) is 0 Å². The first-order valence-corrected chi connectivity index (χ1v) is 9.48. The average Bonchev–Trinajstić information content (AvgIpc) is 3.02. The topological polar surface area (TPSA) is 81.1 Å². The molecule has 0 unspecified atom stereocenters. The molecule has 1 aliphatic carbocycles. The number of anilines is 2. The summed E-state index contributed by atoms with van der Waals surface area (Å²) in [7, 11) is 0. The minimum absolute atomic E-state index is 0.531. The van der Waals surface area contributed by atoms with E-state index in [-0.39, 0.29) is 0 Å². The molecule has 1 saturated carbocycles. The van der Waals surface area contributed by atoms with E-state index < -0.39 is 0 Å². The second-order valence-corrected chi connectivity index (χ2v) is 7.43. The maximum Gasteiger partial charge on any atom is 0.171 e. The van der Waals surface area contributed by atoms with Crippen LogP contribution in [0.2, 0.25) is 0 Å². The molecule has 25 heavy (non-hydrogen) atoms. The summed E-state index contributed by atoms with van der Waals surface area (Å²) in [6.07, 6.45) is 9.87. The van der Waals surface area contributed by atoms with Crippen LogP contribution in [0.5, 0.6) is 0 Å². The minimum atomic E-state index is 0.531. The molecular weight excluding hydrogens is 380 g/mol. The van der Waals surface area contributed by atoms with Gasteiger partial charge in [-0.05, 0) is 46.5 Å². The van der Waals surface area contributed by atoms with Gasteiger partial charge in [0.1, 0.15) is 11.6 Å². The van der Waals surface area contributed by atoms with Gasteiger partial charge in [-0.3, -0.25) is 0 Å². The molecule has 0 radical (unpaired) electrons. The zero-order valence-electron chi connectivity index (χ0n) is 14.0. The third kappa shape index (κ3) is 3.46. The zero-order valence-corrected chi connectivity index (χ0v) is 15.5. The molecule has 3 aromatic heterocycles. The smallest absolute Gasteiger partial charge is 0.171 e. The molecule has 3 heterocycles. The van der Waals surface area contributed by atoms with Gasteiger partial charge in [-0.25, -0.2) is 9.97 Å². The molecule has 7 heteroatoms. The van der Waals surface area contributed by atoms with Crippen molar-refractivity contribution in [3.8, 4) is 0 Å². The van der Waals surface area contributed by atoms with Crippen LogP contribution in [0.1, 0.15) is 49.3 Å². The standard InChI is InChI=1S/C18H21BrN6/c19-14-11-23-25-17(22-10-12-6-7-21-16(20)8-12)9-15(24-18(14)25)13-4-2-1-3-5-13/h6-9,11,13,22H,1-5,10H2,(H2,20,21). The summed E-state index contributed by atoms with van der Waals surface area (Å²) in [6, 6.07) is 5.99. The second kappa shape index (κ2) is 7.00. The normalized spacial score (nSPS) is 15.6. The number of hydrogen-bond acceptors (Lipinski definition) is 5. The molecule has 3 aromatic rings. The third-order valence-electron chi connectivity index (χ3n) is 4.79. The maximum absolute atomic E-state index is 5.77. The average molecular weight is 401 g/mol. The van der Waals surface area contributed by atoms with E-state index in [1.807, 2.05) is 16.6 Å². The predicted molar refractivity (Wildman–Crippen MR) is 102 cm³/mol. The van der Waals surface area contributed by atoms with Crippen molar-refractivity contribution in [2.45, 2.75) is 44.6 Å². The summed E-state index contributed by atoms with van der Waals surface area (Å²) in [5.74, 6) is 2.02. The Morgan fingerprint density at radius 1 is 1.24 bits per heavy atom. The van der Waals surface area contributed by atoms with Crippen molar-refractivity contribution in [2.75, 3.05) is 11.1 Å². The second-order valence-electron chi connectivity index (χ2n) is 6.57. The first-order chi connectivity index (χ1) is 12.2. The van der Waals surface area contributed by atoms with E-state index in [0.29, 0.717) is 18.3 Å². The minimum Gasteiger partial charge on any atom is -0.384 e. The van der Waals surface area contributed by atoms with Crippen LogP contribution in [0.15, 0.2) is 35.1 Å². The molecule has 6 nitrogen and oxygen atoms in total. The number of nitrogens with two attached hydrogens (primary N) is 1. The van der Waals surface area contributed by atoms with E-state index in [4.69, 9.17) is 10.7 Å². The van der Waals surface area contributed by atoms with Crippen molar-refractivity contribution in [1.82, 2.24) is 19.6 Å². The monoisotopic (exact) mass is 400 g/mol. The van der Waals surface area contributed by atoms with Crippen LogP contribution in [0.25, 0.3) is 5.65 Å². The first-order valence-electron chi connectivity index (χ1n) is 8.69. The van der Waals surface area contributed by atoms with Crippen molar-refractivity contribution in [3.63, 3.8) is 0 Å². The van der Waals surface area contributed by atoms with Gasteiger partial charge in [-0.2, -0.15) is 9.61 Å². The lowest BCUT2D eigenvalue weighted by Gasteiger charge is -2.22. The number of nitrogens with one attached hydrogen (secondary N) is 1. The summed E-state index contributed by atoms with van der Waals surface area (Å²) in [5, 5.41) is 7.92. The number of nitrogens with zero attached hydrogens (tertiary/aromatic N) is 4. The Morgan fingerprint density at radius 2 is 2.08 bits per heavy atom. The zero-order chi connectivity index (χ0) is 17.2.